The fourth-order valence-electron chi connectivity index (χ4n) is 4.30. The molecule has 2 fully saturated rings. The average Bonchev–Trinajstić information content (AvgIpc) is 3.18. The van der Waals surface area contributed by atoms with Crippen LogP contribution < -0.4 is 15.2 Å². The van der Waals surface area contributed by atoms with Crippen molar-refractivity contribution >= 4 is 26.7 Å². The minimum atomic E-state index is -3.08. The molecule has 2 N–H and O–H groups in total. The number of rotatable bonds is 5. The molecule has 3 atom stereocenters. The lowest BCUT2D eigenvalue weighted by molar-refractivity contribution is 0.241. The van der Waals surface area contributed by atoms with Crippen LogP contribution in [0, 0.1) is 17.8 Å². The first-order chi connectivity index (χ1) is 12.8. The van der Waals surface area contributed by atoms with Gasteiger partial charge in [-0.25, -0.2) is 12.7 Å². The van der Waals surface area contributed by atoms with Gasteiger partial charge in [-0.3, -0.25) is 0 Å². The molecule has 4 rings (SSSR count). The van der Waals surface area contributed by atoms with Gasteiger partial charge in [0.25, 0.3) is 0 Å². The van der Waals surface area contributed by atoms with E-state index in [1.165, 1.54) is 13.4 Å². The summed E-state index contributed by atoms with van der Waals surface area (Å²) in [6, 6.07) is 5.80. The Balaban J connectivity index is 1.39. The smallest absolute Gasteiger partial charge is 0.318 e. The lowest BCUT2D eigenvalue weighted by Gasteiger charge is -2.17. The number of methoxy groups -OCH3 is 1. The molecule has 1 aromatic carbocycles. The fourth-order valence-corrected chi connectivity index (χ4v) is 5.22. The SMILES string of the molecule is COc1nc(N)c2ccc(OCC3C[C@@H]4CN(S(C)(=O)=O)C[C@@H]4C3)cc2n1. The second-order valence-corrected chi connectivity index (χ2v) is 9.51. The van der Waals surface area contributed by atoms with E-state index in [0.717, 1.165) is 24.0 Å². The first-order valence-corrected chi connectivity index (χ1v) is 10.9. The van der Waals surface area contributed by atoms with E-state index in [2.05, 4.69) is 9.97 Å². The van der Waals surface area contributed by atoms with Crippen LogP contribution in [0.25, 0.3) is 10.9 Å². The molecule has 2 aliphatic rings. The fraction of sp³-hybridized carbons (Fsp3) is 0.556. The van der Waals surface area contributed by atoms with Crippen molar-refractivity contribution in [1.82, 2.24) is 14.3 Å². The highest BCUT2D eigenvalue weighted by molar-refractivity contribution is 7.88. The summed E-state index contributed by atoms with van der Waals surface area (Å²) >= 11 is 0. The standard InChI is InChI=1S/C18H24N4O4S/c1-25-18-20-16-7-14(3-4-15(16)17(19)21-18)26-10-11-5-12-8-22(27(2,23)24)9-13(12)6-11/h3-4,7,11-13H,5-6,8-10H2,1-2H3,(H2,19,20,21)/t11?,12-,13+. The zero-order chi connectivity index (χ0) is 19.2. The molecule has 9 heteroatoms. The van der Waals surface area contributed by atoms with Crippen molar-refractivity contribution in [2.45, 2.75) is 12.8 Å². The molecule has 1 aliphatic carbocycles. The Kier molecular flexibility index (Phi) is 4.59. The predicted octanol–water partition coefficient (Wildman–Crippen LogP) is 1.52. The van der Waals surface area contributed by atoms with Gasteiger partial charge in [0.05, 0.1) is 25.5 Å². The number of sulfonamides is 1. The molecular weight excluding hydrogens is 368 g/mol. The average molecular weight is 392 g/mol. The van der Waals surface area contributed by atoms with Crippen LogP contribution in [-0.2, 0) is 10.0 Å². The normalized spacial score (nSPS) is 25.6. The molecule has 1 aromatic heterocycles. The quantitative estimate of drug-likeness (QED) is 0.822. The molecule has 27 heavy (non-hydrogen) atoms. The number of nitrogens with zero attached hydrogens (tertiary/aromatic N) is 3. The number of hydrogen-bond donors (Lipinski definition) is 1. The monoisotopic (exact) mass is 392 g/mol. The van der Waals surface area contributed by atoms with Gasteiger partial charge < -0.3 is 15.2 Å². The summed E-state index contributed by atoms with van der Waals surface area (Å²) in [6.07, 6.45) is 3.31. The molecule has 0 amide bonds. The summed E-state index contributed by atoms with van der Waals surface area (Å²) in [5, 5.41) is 0.763. The highest BCUT2D eigenvalue weighted by atomic mass is 32.2. The van der Waals surface area contributed by atoms with E-state index in [1.54, 1.807) is 4.31 Å². The molecule has 146 valence electrons. The first-order valence-electron chi connectivity index (χ1n) is 9.02. The Morgan fingerprint density at radius 1 is 1.22 bits per heavy atom. The third-order valence-corrected chi connectivity index (χ3v) is 6.87. The number of fused-ring (bicyclic) bond motifs is 2. The lowest BCUT2D eigenvalue weighted by Crippen LogP contribution is -2.29. The summed E-state index contributed by atoms with van der Waals surface area (Å²) in [4.78, 5) is 8.39. The number of hydrogen-bond acceptors (Lipinski definition) is 7. The van der Waals surface area contributed by atoms with Gasteiger partial charge in [-0.15, -0.1) is 0 Å². The first kappa shape index (κ1) is 18.2. The van der Waals surface area contributed by atoms with Crippen LogP contribution in [-0.4, -0.2) is 55.8 Å². The van der Waals surface area contributed by atoms with Crippen LogP contribution in [0.5, 0.6) is 11.8 Å². The maximum atomic E-state index is 11.7. The van der Waals surface area contributed by atoms with E-state index in [9.17, 15) is 8.42 Å². The highest BCUT2D eigenvalue weighted by Crippen LogP contribution is 2.42. The molecule has 1 aliphatic heterocycles. The molecule has 1 saturated heterocycles. The summed E-state index contributed by atoms with van der Waals surface area (Å²) in [5.41, 5.74) is 6.62. The van der Waals surface area contributed by atoms with Crippen LogP contribution in [0.3, 0.4) is 0 Å². The molecule has 1 saturated carbocycles. The van der Waals surface area contributed by atoms with Crippen LogP contribution >= 0.6 is 0 Å². The summed E-state index contributed by atoms with van der Waals surface area (Å²) in [6.45, 7) is 1.91. The van der Waals surface area contributed by atoms with E-state index >= 15 is 0 Å². The number of aromatic nitrogens is 2. The van der Waals surface area contributed by atoms with Gasteiger partial charge in [-0.05, 0) is 42.7 Å². The van der Waals surface area contributed by atoms with Gasteiger partial charge in [-0.2, -0.15) is 9.97 Å². The number of benzene rings is 1. The topological polar surface area (TPSA) is 108 Å². The van der Waals surface area contributed by atoms with Crippen LogP contribution in [0.1, 0.15) is 12.8 Å². The van der Waals surface area contributed by atoms with E-state index in [1.807, 2.05) is 18.2 Å². The minimum Gasteiger partial charge on any atom is -0.493 e. The van der Waals surface area contributed by atoms with Crippen molar-refractivity contribution < 1.29 is 17.9 Å². The Labute approximate surface area is 158 Å². The van der Waals surface area contributed by atoms with Gasteiger partial charge in [0.15, 0.2) is 0 Å². The maximum absolute atomic E-state index is 11.7. The number of anilines is 1. The van der Waals surface area contributed by atoms with Crippen LogP contribution in [0.4, 0.5) is 5.82 Å². The van der Waals surface area contributed by atoms with E-state index in [0.29, 0.717) is 48.8 Å². The maximum Gasteiger partial charge on any atom is 0.318 e. The Hall–Kier alpha value is -2.13. The Bertz CT molecular complexity index is 951. The molecule has 8 nitrogen and oxygen atoms in total. The summed E-state index contributed by atoms with van der Waals surface area (Å²) in [5.74, 6) is 2.45. The molecular formula is C18H24N4O4S. The third-order valence-electron chi connectivity index (χ3n) is 5.63. The van der Waals surface area contributed by atoms with Crippen molar-refractivity contribution in [3.8, 4) is 11.8 Å². The van der Waals surface area contributed by atoms with Crippen molar-refractivity contribution in [2.75, 3.05) is 38.8 Å². The van der Waals surface area contributed by atoms with Gasteiger partial charge in [-0.1, -0.05) is 0 Å². The highest BCUT2D eigenvalue weighted by Gasteiger charge is 2.43. The second-order valence-electron chi connectivity index (χ2n) is 7.52. The van der Waals surface area contributed by atoms with Crippen molar-refractivity contribution in [3.63, 3.8) is 0 Å². The van der Waals surface area contributed by atoms with E-state index in [4.69, 9.17) is 15.2 Å². The number of nitrogens with two attached hydrogens (primary N) is 1. The van der Waals surface area contributed by atoms with E-state index < -0.39 is 10.0 Å². The Morgan fingerprint density at radius 2 is 1.93 bits per heavy atom. The van der Waals surface area contributed by atoms with E-state index in [-0.39, 0.29) is 6.01 Å². The lowest BCUT2D eigenvalue weighted by atomic mass is 10.0. The molecule has 0 bridgehead atoms. The van der Waals surface area contributed by atoms with Gasteiger partial charge >= 0.3 is 6.01 Å². The van der Waals surface area contributed by atoms with Crippen LogP contribution in [0.2, 0.25) is 0 Å². The predicted molar refractivity (Wildman–Crippen MR) is 102 cm³/mol. The molecule has 0 radical (unpaired) electrons. The zero-order valence-electron chi connectivity index (χ0n) is 15.5. The van der Waals surface area contributed by atoms with Gasteiger partial charge in [0.1, 0.15) is 11.6 Å². The summed E-state index contributed by atoms with van der Waals surface area (Å²) < 4.78 is 36.1. The van der Waals surface area contributed by atoms with Gasteiger partial charge in [0, 0.05) is 24.5 Å². The molecule has 2 aromatic rings. The van der Waals surface area contributed by atoms with Crippen molar-refractivity contribution in [1.29, 1.82) is 0 Å². The Morgan fingerprint density at radius 3 is 2.56 bits per heavy atom. The number of nitrogen functional groups attached to an aromatic ring is 1. The number of ether oxygens (including phenoxy) is 2. The van der Waals surface area contributed by atoms with Crippen molar-refractivity contribution in [2.24, 2.45) is 17.8 Å². The molecule has 0 spiro atoms. The molecule has 2 heterocycles. The third kappa shape index (κ3) is 3.66. The second kappa shape index (κ2) is 6.79. The summed E-state index contributed by atoms with van der Waals surface area (Å²) in [7, 11) is -1.58. The van der Waals surface area contributed by atoms with Crippen molar-refractivity contribution in [3.05, 3.63) is 18.2 Å². The zero-order valence-corrected chi connectivity index (χ0v) is 16.3. The van der Waals surface area contributed by atoms with Crippen LogP contribution in [0.15, 0.2) is 18.2 Å². The minimum absolute atomic E-state index is 0.233. The molecule has 1 unspecified atom stereocenters. The largest absolute Gasteiger partial charge is 0.493 e. The van der Waals surface area contributed by atoms with Gasteiger partial charge in [0.2, 0.25) is 10.0 Å².